The van der Waals surface area contributed by atoms with Crippen molar-refractivity contribution < 1.29 is 4.21 Å². The summed E-state index contributed by atoms with van der Waals surface area (Å²) in [5, 5.41) is 5.49. The number of thiophene rings is 1. The molecule has 4 heteroatoms. The van der Waals surface area contributed by atoms with Gasteiger partial charge in [0.25, 0.3) is 0 Å². The molecular formula is C16H21NOS2. The molecule has 2 aromatic rings. The second-order valence-corrected chi connectivity index (χ2v) is 7.53. The highest BCUT2D eigenvalue weighted by molar-refractivity contribution is 7.87. The highest BCUT2D eigenvalue weighted by Crippen LogP contribution is 2.21. The maximum atomic E-state index is 12.4. The number of benzene rings is 1. The minimum atomic E-state index is -0.936. The zero-order chi connectivity index (χ0) is 14.4. The van der Waals surface area contributed by atoms with Gasteiger partial charge in [-0.2, -0.15) is 0 Å². The molecule has 2 atom stereocenters. The van der Waals surface area contributed by atoms with Crippen LogP contribution in [0.15, 0.2) is 46.0 Å². The Labute approximate surface area is 127 Å². The van der Waals surface area contributed by atoms with E-state index in [4.69, 9.17) is 0 Å². The van der Waals surface area contributed by atoms with Crippen molar-refractivity contribution in [2.75, 3.05) is 12.3 Å². The lowest BCUT2D eigenvalue weighted by Crippen LogP contribution is -2.26. The number of hydrogen-bond donors (Lipinski definition) is 1. The van der Waals surface area contributed by atoms with E-state index in [0.29, 0.717) is 5.75 Å². The summed E-state index contributed by atoms with van der Waals surface area (Å²) in [6, 6.07) is 12.6. The monoisotopic (exact) mass is 307 g/mol. The molecule has 0 amide bonds. The van der Waals surface area contributed by atoms with E-state index in [1.807, 2.05) is 17.5 Å². The van der Waals surface area contributed by atoms with Gasteiger partial charge >= 0.3 is 0 Å². The van der Waals surface area contributed by atoms with Gasteiger partial charge in [0.2, 0.25) is 0 Å². The molecule has 108 valence electrons. The Morgan fingerprint density at radius 2 is 2.00 bits per heavy atom. The second kappa shape index (κ2) is 7.72. The van der Waals surface area contributed by atoms with E-state index in [0.717, 1.165) is 17.2 Å². The average Bonchev–Trinajstić information content (AvgIpc) is 2.98. The minimum absolute atomic E-state index is 0.151. The molecule has 1 heterocycles. The molecule has 2 rings (SSSR count). The molecule has 0 spiro atoms. The number of aryl methyl sites for hydroxylation is 1. The highest BCUT2D eigenvalue weighted by atomic mass is 32.2. The van der Waals surface area contributed by atoms with Crippen LogP contribution in [0.2, 0.25) is 0 Å². The molecule has 1 aromatic heterocycles. The van der Waals surface area contributed by atoms with Gasteiger partial charge in [0.1, 0.15) is 0 Å². The van der Waals surface area contributed by atoms with Crippen molar-refractivity contribution in [2.24, 2.45) is 0 Å². The smallest absolute Gasteiger partial charge is 0.0911 e. The van der Waals surface area contributed by atoms with Crippen molar-refractivity contribution in [3.63, 3.8) is 0 Å². The van der Waals surface area contributed by atoms with Gasteiger partial charge in [0, 0.05) is 11.8 Å². The maximum absolute atomic E-state index is 12.4. The standard InChI is InChI=1S/C16H21NOS2/c1-3-10-17-15(14-8-6-13(2)7-9-14)12-20(18)16-5-4-11-19-16/h4-9,11,15,17H,3,10,12H2,1-2H3. The lowest BCUT2D eigenvalue weighted by atomic mass is 10.1. The quantitative estimate of drug-likeness (QED) is 0.840. The van der Waals surface area contributed by atoms with Crippen molar-refractivity contribution in [1.82, 2.24) is 5.32 Å². The maximum Gasteiger partial charge on any atom is 0.0911 e. The summed E-state index contributed by atoms with van der Waals surface area (Å²) < 4.78 is 13.4. The van der Waals surface area contributed by atoms with Crippen LogP contribution in [0.3, 0.4) is 0 Å². The average molecular weight is 307 g/mol. The van der Waals surface area contributed by atoms with Crippen molar-refractivity contribution in [3.05, 3.63) is 52.9 Å². The fraction of sp³-hybridized carbons (Fsp3) is 0.375. The van der Waals surface area contributed by atoms with Crippen LogP contribution in [-0.4, -0.2) is 16.5 Å². The predicted molar refractivity (Wildman–Crippen MR) is 87.8 cm³/mol. The predicted octanol–water partition coefficient (Wildman–Crippen LogP) is 3.91. The molecular weight excluding hydrogens is 286 g/mol. The summed E-state index contributed by atoms with van der Waals surface area (Å²) in [6.07, 6.45) is 1.08. The van der Waals surface area contributed by atoms with Crippen LogP contribution in [0.4, 0.5) is 0 Å². The Bertz CT molecular complexity index is 534. The fourth-order valence-corrected chi connectivity index (χ4v) is 4.27. The Morgan fingerprint density at radius 1 is 1.25 bits per heavy atom. The molecule has 0 aliphatic heterocycles. The molecule has 0 saturated heterocycles. The molecule has 0 aliphatic rings. The first-order valence-corrected chi connectivity index (χ1v) is 9.12. The van der Waals surface area contributed by atoms with Crippen LogP contribution >= 0.6 is 11.3 Å². The van der Waals surface area contributed by atoms with Crippen molar-refractivity contribution in [3.8, 4) is 0 Å². The number of hydrogen-bond acceptors (Lipinski definition) is 3. The lowest BCUT2D eigenvalue weighted by molar-refractivity contribution is 0.570. The van der Waals surface area contributed by atoms with E-state index >= 15 is 0 Å². The summed E-state index contributed by atoms with van der Waals surface area (Å²) in [7, 11) is -0.936. The number of nitrogens with one attached hydrogen (secondary N) is 1. The van der Waals surface area contributed by atoms with E-state index in [9.17, 15) is 4.21 Å². The Morgan fingerprint density at radius 3 is 2.60 bits per heavy atom. The van der Waals surface area contributed by atoms with Gasteiger partial charge in [-0.3, -0.25) is 4.21 Å². The molecule has 2 unspecified atom stereocenters. The normalized spacial score (nSPS) is 14.1. The summed E-state index contributed by atoms with van der Waals surface area (Å²) in [5.74, 6) is 0.629. The fourth-order valence-electron chi connectivity index (χ4n) is 2.02. The van der Waals surface area contributed by atoms with Gasteiger partial charge in [0.15, 0.2) is 0 Å². The van der Waals surface area contributed by atoms with Gasteiger partial charge in [-0.15, -0.1) is 11.3 Å². The van der Waals surface area contributed by atoms with Crippen molar-refractivity contribution >= 4 is 22.1 Å². The molecule has 0 fully saturated rings. The Kier molecular flexibility index (Phi) is 5.95. The molecule has 1 N–H and O–H groups in total. The lowest BCUT2D eigenvalue weighted by Gasteiger charge is -2.18. The molecule has 0 aliphatic carbocycles. The van der Waals surface area contributed by atoms with Crippen molar-refractivity contribution in [2.45, 2.75) is 30.5 Å². The zero-order valence-corrected chi connectivity index (χ0v) is 13.6. The zero-order valence-electron chi connectivity index (χ0n) is 12.0. The van der Waals surface area contributed by atoms with Gasteiger partial charge in [0.05, 0.1) is 15.0 Å². The first-order chi connectivity index (χ1) is 9.70. The minimum Gasteiger partial charge on any atom is -0.309 e. The summed E-state index contributed by atoms with van der Waals surface area (Å²) in [5.41, 5.74) is 2.47. The Hall–Kier alpha value is -0.970. The molecule has 0 bridgehead atoms. The second-order valence-electron chi connectivity index (χ2n) is 4.86. The van der Waals surface area contributed by atoms with Crippen LogP contribution < -0.4 is 5.32 Å². The Balaban J connectivity index is 2.11. The van der Waals surface area contributed by atoms with Crippen molar-refractivity contribution in [1.29, 1.82) is 0 Å². The first kappa shape index (κ1) is 15.4. The summed E-state index contributed by atoms with van der Waals surface area (Å²) in [4.78, 5) is 0. The molecule has 0 saturated carbocycles. The summed E-state index contributed by atoms with van der Waals surface area (Å²) in [6.45, 7) is 5.18. The molecule has 20 heavy (non-hydrogen) atoms. The van der Waals surface area contributed by atoms with Crippen LogP contribution in [0.25, 0.3) is 0 Å². The molecule has 0 radical (unpaired) electrons. The van der Waals surface area contributed by atoms with E-state index < -0.39 is 10.8 Å². The van der Waals surface area contributed by atoms with Crippen LogP contribution in [0.5, 0.6) is 0 Å². The first-order valence-electron chi connectivity index (χ1n) is 6.92. The van der Waals surface area contributed by atoms with Crippen LogP contribution in [-0.2, 0) is 10.8 Å². The largest absolute Gasteiger partial charge is 0.309 e. The number of rotatable bonds is 7. The van der Waals surface area contributed by atoms with E-state index in [1.54, 1.807) is 11.3 Å². The van der Waals surface area contributed by atoms with E-state index in [1.165, 1.54) is 11.1 Å². The third kappa shape index (κ3) is 4.27. The molecule has 1 aromatic carbocycles. The SMILES string of the molecule is CCCNC(CS(=O)c1cccs1)c1ccc(C)cc1. The van der Waals surface area contributed by atoms with E-state index in [2.05, 4.69) is 43.4 Å². The third-order valence-electron chi connectivity index (χ3n) is 3.16. The van der Waals surface area contributed by atoms with E-state index in [-0.39, 0.29) is 6.04 Å². The molecule has 2 nitrogen and oxygen atoms in total. The van der Waals surface area contributed by atoms with Gasteiger partial charge < -0.3 is 5.32 Å². The van der Waals surface area contributed by atoms with Crippen LogP contribution in [0, 0.1) is 6.92 Å². The summed E-state index contributed by atoms with van der Waals surface area (Å²) >= 11 is 1.57. The topological polar surface area (TPSA) is 29.1 Å². The third-order valence-corrected chi connectivity index (χ3v) is 5.89. The highest BCUT2D eigenvalue weighted by Gasteiger charge is 2.16. The van der Waals surface area contributed by atoms with Crippen LogP contribution in [0.1, 0.15) is 30.5 Å². The van der Waals surface area contributed by atoms with Gasteiger partial charge in [-0.1, -0.05) is 42.8 Å². The van der Waals surface area contributed by atoms with Gasteiger partial charge in [-0.05, 0) is 36.9 Å². The van der Waals surface area contributed by atoms with Gasteiger partial charge in [-0.25, -0.2) is 0 Å².